The van der Waals surface area contributed by atoms with Gasteiger partial charge in [0, 0.05) is 20.5 Å². The van der Waals surface area contributed by atoms with Crippen LogP contribution in [0.5, 0.6) is 5.75 Å². The van der Waals surface area contributed by atoms with Gasteiger partial charge >= 0.3 is 5.97 Å². The van der Waals surface area contributed by atoms with Gasteiger partial charge in [0.05, 0.1) is 13.0 Å². The number of ether oxygens (including phenoxy) is 1. The predicted octanol–water partition coefficient (Wildman–Crippen LogP) is 1.34. The highest BCUT2D eigenvalue weighted by atomic mass is 16.5. The van der Waals surface area contributed by atoms with Crippen molar-refractivity contribution in [1.82, 2.24) is 4.90 Å². The van der Waals surface area contributed by atoms with Crippen LogP contribution in [0.3, 0.4) is 0 Å². The van der Waals surface area contributed by atoms with Crippen molar-refractivity contribution in [2.75, 3.05) is 21.2 Å². The molecule has 1 unspecified atom stereocenters. The van der Waals surface area contributed by atoms with Crippen LogP contribution in [0.15, 0.2) is 24.3 Å². The summed E-state index contributed by atoms with van der Waals surface area (Å²) in [7, 11) is 4.75. The highest BCUT2D eigenvalue weighted by molar-refractivity contribution is 5.85. The molecule has 1 atom stereocenters. The maximum atomic E-state index is 11.6. The molecular formula is C13H17NO4. The van der Waals surface area contributed by atoms with E-state index >= 15 is 0 Å². The van der Waals surface area contributed by atoms with Crippen molar-refractivity contribution in [2.45, 2.75) is 12.3 Å². The monoisotopic (exact) mass is 251 g/mol. The van der Waals surface area contributed by atoms with E-state index in [4.69, 9.17) is 4.74 Å². The molecule has 5 nitrogen and oxygen atoms in total. The summed E-state index contributed by atoms with van der Waals surface area (Å²) in [6, 6.07) is 6.71. The van der Waals surface area contributed by atoms with Gasteiger partial charge in [0.2, 0.25) is 5.91 Å². The third-order valence-corrected chi connectivity index (χ3v) is 2.69. The molecule has 0 saturated carbocycles. The fourth-order valence-corrected chi connectivity index (χ4v) is 1.54. The molecule has 5 heteroatoms. The summed E-state index contributed by atoms with van der Waals surface area (Å²) in [6.45, 7) is 0. The Bertz CT molecular complexity index is 425. The summed E-state index contributed by atoms with van der Waals surface area (Å²) in [5.41, 5.74) is 0.596. The number of hydrogen-bond donors (Lipinski definition) is 1. The molecule has 0 fully saturated rings. The molecule has 0 aromatic heterocycles. The third kappa shape index (κ3) is 3.48. The standard InChI is InChI=1S/C13H17NO4/c1-14(2)12(15)8-11(13(16)17)9-4-6-10(18-3)7-5-9/h4-7,11H,8H2,1-3H3,(H,16,17). The molecule has 0 saturated heterocycles. The first-order valence-corrected chi connectivity index (χ1v) is 5.52. The van der Waals surface area contributed by atoms with Gasteiger partial charge in [-0.2, -0.15) is 0 Å². The number of carboxylic acid groups (broad SMARTS) is 1. The zero-order valence-electron chi connectivity index (χ0n) is 10.7. The van der Waals surface area contributed by atoms with Gasteiger partial charge in [0.1, 0.15) is 5.75 Å². The molecule has 0 aliphatic heterocycles. The van der Waals surface area contributed by atoms with Crippen LogP contribution in [-0.2, 0) is 9.59 Å². The summed E-state index contributed by atoms with van der Waals surface area (Å²) in [6.07, 6.45) is -0.0470. The second-order valence-electron chi connectivity index (χ2n) is 4.16. The van der Waals surface area contributed by atoms with E-state index < -0.39 is 11.9 Å². The lowest BCUT2D eigenvalue weighted by Crippen LogP contribution is -2.26. The molecular weight excluding hydrogens is 234 g/mol. The van der Waals surface area contributed by atoms with Crippen molar-refractivity contribution in [1.29, 1.82) is 0 Å². The Kier molecular flexibility index (Phi) is 4.71. The van der Waals surface area contributed by atoms with Crippen LogP contribution in [-0.4, -0.2) is 43.1 Å². The quantitative estimate of drug-likeness (QED) is 0.857. The van der Waals surface area contributed by atoms with E-state index in [1.165, 1.54) is 4.90 Å². The molecule has 0 aliphatic rings. The van der Waals surface area contributed by atoms with Crippen LogP contribution in [0.2, 0.25) is 0 Å². The van der Waals surface area contributed by atoms with Gasteiger partial charge in [-0.15, -0.1) is 0 Å². The van der Waals surface area contributed by atoms with Gasteiger partial charge in [0.25, 0.3) is 0 Å². The van der Waals surface area contributed by atoms with Gasteiger partial charge in [-0.05, 0) is 17.7 Å². The lowest BCUT2D eigenvalue weighted by molar-refractivity contribution is -0.142. The Morgan fingerprint density at radius 1 is 1.28 bits per heavy atom. The smallest absolute Gasteiger partial charge is 0.311 e. The molecule has 1 aromatic rings. The normalized spacial score (nSPS) is 11.7. The number of nitrogens with zero attached hydrogens (tertiary/aromatic N) is 1. The van der Waals surface area contributed by atoms with E-state index in [9.17, 15) is 14.7 Å². The molecule has 1 N–H and O–H groups in total. The third-order valence-electron chi connectivity index (χ3n) is 2.69. The summed E-state index contributed by atoms with van der Waals surface area (Å²) in [4.78, 5) is 24.2. The van der Waals surface area contributed by atoms with Crippen LogP contribution in [0.1, 0.15) is 17.9 Å². The SMILES string of the molecule is COc1ccc(C(CC(=O)N(C)C)C(=O)O)cc1. The summed E-state index contributed by atoms with van der Waals surface area (Å²) in [5.74, 6) is -1.39. The van der Waals surface area contributed by atoms with Gasteiger partial charge in [-0.1, -0.05) is 12.1 Å². The zero-order chi connectivity index (χ0) is 13.7. The molecule has 0 bridgehead atoms. The van der Waals surface area contributed by atoms with Crippen molar-refractivity contribution in [3.63, 3.8) is 0 Å². The average Bonchev–Trinajstić information content (AvgIpc) is 2.35. The number of rotatable bonds is 5. The average molecular weight is 251 g/mol. The molecule has 0 spiro atoms. The first-order valence-electron chi connectivity index (χ1n) is 5.52. The van der Waals surface area contributed by atoms with Gasteiger partial charge < -0.3 is 14.7 Å². The Hall–Kier alpha value is -2.04. The predicted molar refractivity (Wildman–Crippen MR) is 66.7 cm³/mol. The molecule has 0 heterocycles. The summed E-state index contributed by atoms with van der Waals surface area (Å²) in [5, 5.41) is 9.18. The van der Waals surface area contributed by atoms with E-state index in [1.54, 1.807) is 45.5 Å². The van der Waals surface area contributed by atoms with E-state index in [2.05, 4.69) is 0 Å². The maximum Gasteiger partial charge on any atom is 0.311 e. The number of amides is 1. The molecule has 0 radical (unpaired) electrons. The molecule has 1 amide bonds. The molecule has 98 valence electrons. The van der Waals surface area contributed by atoms with Crippen LogP contribution in [0.25, 0.3) is 0 Å². The number of hydrogen-bond acceptors (Lipinski definition) is 3. The van der Waals surface area contributed by atoms with Crippen LogP contribution >= 0.6 is 0 Å². The highest BCUT2D eigenvalue weighted by Crippen LogP contribution is 2.23. The lowest BCUT2D eigenvalue weighted by Gasteiger charge is -2.16. The lowest BCUT2D eigenvalue weighted by atomic mass is 9.95. The molecule has 1 aromatic carbocycles. The second-order valence-corrected chi connectivity index (χ2v) is 4.16. The number of aliphatic carboxylic acids is 1. The summed E-state index contributed by atoms with van der Waals surface area (Å²) < 4.78 is 5.01. The van der Waals surface area contributed by atoms with Gasteiger partial charge in [-0.25, -0.2) is 0 Å². The van der Waals surface area contributed by atoms with Crippen molar-refractivity contribution in [3.05, 3.63) is 29.8 Å². The second kappa shape index (κ2) is 6.05. The van der Waals surface area contributed by atoms with Crippen molar-refractivity contribution < 1.29 is 19.4 Å². The van der Waals surface area contributed by atoms with Crippen LogP contribution in [0, 0.1) is 0 Å². The van der Waals surface area contributed by atoms with Crippen LogP contribution < -0.4 is 4.74 Å². The zero-order valence-corrected chi connectivity index (χ0v) is 10.7. The molecule has 18 heavy (non-hydrogen) atoms. The fourth-order valence-electron chi connectivity index (χ4n) is 1.54. The Morgan fingerprint density at radius 2 is 1.83 bits per heavy atom. The fraction of sp³-hybridized carbons (Fsp3) is 0.385. The molecule has 0 aliphatic carbocycles. The number of carbonyl (C=O) groups excluding carboxylic acids is 1. The molecule has 1 rings (SSSR count). The van der Waals surface area contributed by atoms with Crippen molar-refractivity contribution >= 4 is 11.9 Å². The number of benzene rings is 1. The minimum atomic E-state index is -1.00. The Labute approximate surface area is 106 Å². The highest BCUT2D eigenvalue weighted by Gasteiger charge is 2.24. The van der Waals surface area contributed by atoms with E-state index in [0.717, 1.165) is 0 Å². The van der Waals surface area contributed by atoms with Gasteiger partial charge in [-0.3, -0.25) is 9.59 Å². The summed E-state index contributed by atoms with van der Waals surface area (Å²) >= 11 is 0. The Morgan fingerprint density at radius 3 is 2.22 bits per heavy atom. The topological polar surface area (TPSA) is 66.8 Å². The van der Waals surface area contributed by atoms with E-state index in [1.807, 2.05) is 0 Å². The van der Waals surface area contributed by atoms with E-state index in [0.29, 0.717) is 11.3 Å². The minimum absolute atomic E-state index is 0.0470. The van der Waals surface area contributed by atoms with Crippen LogP contribution in [0.4, 0.5) is 0 Å². The van der Waals surface area contributed by atoms with E-state index in [-0.39, 0.29) is 12.3 Å². The first-order chi connectivity index (χ1) is 8.45. The van der Waals surface area contributed by atoms with Gasteiger partial charge in [0.15, 0.2) is 0 Å². The Balaban J connectivity index is 2.90. The number of carbonyl (C=O) groups is 2. The minimum Gasteiger partial charge on any atom is -0.497 e. The number of methoxy groups -OCH3 is 1. The van der Waals surface area contributed by atoms with Crippen molar-refractivity contribution in [3.8, 4) is 5.75 Å². The largest absolute Gasteiger partial charge is 0.497 e. The van der Waals surface area contributed by atoms with Crippen molar-refractivity contribution in [2.24, 2.45) is 0 Å². The first kappa shape index (κ1) is 14.0. The maximum absolute atomic E-state index is 11.6. The number of carboxylic acids is 1.